The van der Waals surface area contributed by atoms with Crippen LogP contribution in [-0.4, -0.2) is 59.1 Å². The third-order valence-electron chi connectivity index (χ3n) is 4.79. The summed E-state index contributed by atoms with van der Waals surface area (Å²) in [5.74, 6) is -1.02. The molecule has 1 heterocycles. The van der Waals surface area contributed by atoms with Crippen LogP contribution in [0.15, 0.2) is 60.7 Å². The lowest BCUT2D eigenvalue weighted by Crippen LogP contribution is -2.54. The monoisotopic (exact) mass is 367 g/mol. The Balaban J connectivity index is 1.49. The van der Waals surface area contributed by atoms with E-state index in [4.69, 9.17) is 0 Å². The number of aliphatic carboxylic acids is 1. The Labute approximate surface area is 159 Å². The lowest BCUT2D eigenvalue weighted by molar-refractivity contribution is -0.139. The fourth-order valence-corrected chi connectivity index (χ4v) is 3.24. The van der Waals surface area contributed by atoms with Crippen molar-refractivity contribution < 1.29 is 14.7 Å². The Hall–Kier alpha value is -2.86. The van der Waals surface area contributed by atoms with Crippen LogP contribution in [0.4, 0.5) is 4.79 Å². The summed E-state index contributed by atoms with van der Waals surface area (Å²) in [5.41, 5.74) is 2.14. The van der Waals surface area contributed by atoms with E-state index in [-0.39, 0.29) is 12.5 Å². The van der Waals surface area contributed by atoms with Crippen molar-refractivity contribution in [3.63, 3.8) is 0 Å². The number of urea groups is 1. The van der Waals surface area contributed by atoms with Crippen molar-refractivity contribution in [2.24, 2.45) is 0 Å². The van der Waals surface area contributed by atoms with Crippen molar-refractivity contribution in [1.29, 1.82) is 0 Å². The lowest BCUT2D eigenvalue weighted by Gasteiger charge is -2.35. The number of piperazine rings is 1. The number of carboxylic acids is 1. The largest absolute Gasteiger partial charge is 0.480 e. The van der Waals surface area contributed by atoms with Crippen molar-refractivity contribution in [3.8, 4) is 0 Å². The molecule has 1 aliphatic heterocycles. The number of benzene rings is 2. The fourth-order valence-electron chi connectivity index (χ4n) is 3.24. The van der Waals surface area contributed by atoms with Crippen LogP contribution in [-0.2, 0) is 17.8 Å². The third kappa shape index (κ3) is 5.56. The van der Waals surface area contributed by atoms with E-state index in [1.54, 1.807) is 4.90 Å². The first-order chi connectivity index (χ1) is 13.1. The second-order valence-electron chi connectivity index (χ2n) is 6.78. The first kappa shape index (κ1) is 18.9. The van der Waals surface area contributed by atoms with Gasteiger partial charge in [-0.2, -0.15) is 0 Å². The highest BCUT2D eigenvalue weighted by molar-refractivity contribution is 5.82. The molecule has 1 fully saturated rings. The summed E-state index contributed by atoms with van der Waals surface area (Å²) in [6.07, 6.45) is 0.274. The van der Waals surface area contributed by atoms with Gasteiger partial charge in [-0.05, 0) is 11.1 Å². The number of hydrogen-bond donors (Lipinski definition) is 2. The molecule has 3 rings (SSSR count). The quantitative estimate of drug-likeness (QED) is 0.821. The van der Waals surface area contributed by atoms with E-state index in [0.29, 0.717) is 13.1 Å². The molecule has 2 aromatic rings. The van der Waals surface area contributed by atoms with Gasteiger partial charge in [-0.25, -0.2) is 9.59 Å². The Morgan fingerprint density at radius 3 is 2.00 bits per heavy atom. The van der Waals surface area contributed by atoms with E-state index >= 15 is 0 Å². The SMILES string of the molecule is O=C(O)C(Cc1ccccc1)NC(=O)N1CCN(Cc2ccccc2)CC1. The van der Waals surface area contributed by atoms with E-state index in [9.17, 15) is 14.7 Å². The summed E-state index contributed by atoms with van der Waals surface area (Å²) in [7, 11) is 0. The molecule has 1 saturated heterocycles. The average Bonchev–Trinajstić information content (AvgIpc) is 2.69. The highest BCUT2D eigenvalue weighted by Crippen LogP contribution is 2.09. The Morgan fingerprint density at radius 2 is 1.44 bits per heavy atom. The zero-order valence-electron chi connectivity index (χ0n) is 15.3. The van der Waals surface area contributed by atoms with Gasteiger partial charge in [-0.3, -0.25) is 4.90 Å². The molecule has 6 nitrogen and oxygen atoms in total. The van der Waals surface area contributed by atoms with Crippen LogP contribution in [0.3, 0.4) is 0 Å². The number of carbonyl (C=O) groups is 2. The molecule has 1 atom stereocenters. The maximum absolute atomic E-state index is 12.5. The average molecular weight is 367 g/mol. The molecule has 0 bridgehead atoms. The summed E-state index contributed by atoms with van der Waals surface area (Å²) < 4.78 is 0. The summed E-state index contributed by atoms with van der Waals surface area (Å²) in [6.45, 7) is 3.60. The number of rotatable bonds is 6. The van der Waals surface area contributed by atoms with Gasteiger partial charge < -0.3 is 15.3 Å². The van der Waals surface area contributed by atoms with E-state index in [2.05, 4.69) is 22.3 Å². The summed E-state index contributed by atoms with van der Waals surface area (Å²) >= 11 is 0. The molecule has 2 aromatic carbocycles. The molecule has 1 aliphatic rings. The first-order valence-corrected chi connectivity index (χ1v) is 9.20. The van der Waals surface area contributed by atoms with Crippen LogP contribution in [0, 0.1) is 0 Å². The van der Waals surface area contributed by atoms with Gasteiger partial charge in [-0.15, -0.1) is 0 Å². The normalized spacial score (nSPS) is 15.9. The maximum Gasteiger partial charge on any atom is 0.326 e. The van der Waals surface area contributed by atoms with Crippen LogP contribution in [0.1, 0.15) is 11.1 Å². The zero-order chi connectivity index (χ0) is 19.1. The number of hydrogen-bond acceptors (Lipinski definition) is 3. The summed E-state index contributed by atoms with van der Waals surface area (Å²) in [5, 5.41) is 12.1. The van der Waals surface area contributed by atoms with Crippen molar-refractivity contribution in [1.82, 2.24) is 15.1 Å². The number of nitrogens with one attached hydrogen (secondary N) is 1. The van der Waals surface area contributed by atoms with Gasteiger partial charge in [0.05, 0.1) is 0 Å². The summed E-state index contributed by atoms with van der Waals surface area (Å²) in [4.78, 5) is 28.0. The van der Waals surface area contributed by atoms with Crippen molar-refractivity contribution >= 4 is 12.0 Å². The molecule has 142 valence electrons. The molecule has 2 amide bonds. The molecule has 27 heavy (non-hydrogen) atoms. The van der Waals surface area contributed by atoms with Crippen LogP contribution in [0.25, 0.3) is 0 Å². The predicted octanol–water partition coefficient (Wildman–Crippen LogP) is 2.21. The van der Waals surface area contributed by atoms with Gasteiger partial charge in [0.2, 0.25) is 0 Å². The lowest BCUT2D eigenvalue weighted by atomic mass is 10.1. The predicted molar refractivity (Wildman–Crippen MR) is 103 cm³/mol. The first-order valence-electron chi connectivity index (χ1n) is 9.20. The number of amides is 2. The molecular weight excluding hydrogens is 342 g/mol. The smallest absolute Gasteiger partial charge is 0.326 e. The van der Waals surface area contributed by atoms with Crippen molar-refractivity contribution in [2.75, 3.05) is 26.2 Å². The van der Waals surface area contributed by atoms with Gasteiger partial charge in [0.25, 0.3) is 0 Å². The maximum atomic E-state index is 12.5. The summed E-state index contributed by atoms with van der Waals surface area (Å²) in [6, 6.07) is 18.3. The van der Waals surface area contributed by atoms with Gasteiger partial charge in [0, 0.05) is 39.1 Å². The van der Waals surface area contributed by atoms with E-state index in [1.165, 1.54) is 5.56 Å². The highest BCUT2D eigenvalue weighted by atomic mass is 16.4. The van der Waals surface area contributed by atoms with Gasteiger partial charge in [0.15, 0.2) is 0 Å². The van der Waals surface area contributed by atoms with Crippen LogP contribution >= 0.6 is 0 Å². The van der Waals surface area contributed by atoms with Crippen LogP contribution in [0.2, 0.25) is 0 Å². The van der Waals surface area contributed by atoms with Crippen molar-refractivity contribution in [2.45, 2.75) is 19.0 Å². The number of carbonyl (C=O) groups excluding carboxylic acids is 1. The third-order valence-corrected chi connectivity index (χ3v) is 4.79. The molecule has 0 aromatic heterocycles. The van der Waals surface area contributed by atoms with Gasteiger partial charge in [0.1, 0.15) is 6.04 Å². The van der Waals surface area contributed by atoms with Crippen LogP contribution < -0.4 is 5.32 Å². The second kappa shape index (κ2) is 9.19. The highest BCUT2D eigenvalue weighted by Gasteiger charge is 2.26. The molecule has 0 radical (unpaired) electrons. The standard InChI is InChI=1S/C21H25N3O3/c25-20(26)19(15-17-7-3-1-4-8-17)22-21(27)24-13-11-23(12-14-24)16-18-9-5-2-6-10-18/h1-10,19H,11-16H2,(H,22,27)(H,25,26). The minimum absolute atomic E-state index is 0.274. The second-order valence-corrected chi connectivity index (χ2v) is 6.78. The van der Waals surface area contributed by atoms with E-state index in [1.807, 2.05) is 48.5 Å². The number of nitrogens with zero attached hydrogens (tertiary/aromatic N) is 2. The van der Waals surface area contributed by atoms with Crippen LogP contribution in [0.5, 0.6) is 0 Å². The van der Waals surface area contributed by atoms with Gasteiger partial charge in [-0.1, -0.05) is 60.7 Å². The molecule has 2 N–H and O–H groups in total. The minimum atomic E-state index is -1.02. The fraction of sp³-hybridized carbons (Fsp3) is 0.333. The molecule has 6 heteroatoms. The number of carboxylic acid groups (broad SMARTS) is 1. The molecule has 1 unspecified atom stereocenters. The topological polar surface area (TPSA) is 72.9 Å². The molecule has 0 aliphatic carbocycles. The molecule has 0 saturated carbocycles. The Morgan fingerprint density at radius 1 is 0.889 bits per heavy atom. The zero-order valence-corrected chi connectivity index (χ0v) is 15.3. The molecule has 0 spiro atoms. The van der Waals surface area contributed by atoms with Gasteiger partial charge >= 0.3 is 12.0 Å². The van der Waals surface area contributed by atoms with E-state index in [0.717, 1.165) is 25.2 Å². The Bertz CT molecular complexity index is 744. The minimum Gasteiger partial charge on any atom is -0.480 e. The van der Waals surface area contributed by atoms with Crippen molar-refractivity contribution in [3.05, 3.63) is 71.8 Å². The Kier molecular flexibility index (Phi) is 6.44. The van der Waals surface area contributed by atoms with E-state index < -0.39 is 12.0 Å². The molecular formula is C21H25N3O3.